The Balaban J connectivity index is 1.89. The van der Waals surface area contributed by atoms with Gasteiger partial charge in [0.15, 0.2) is 0 Å². The zero-order valence-corrected chi connectivity index (χ0v) is 11.3. The molecule has 0 aromatic carbocycles. The van der Waals surface area contributed by atoms with Gasteiger partial charge >= 0.3 is 0 Å². The van der Waals surface area contributed by atoms with Crippen LogP contribution in [0.25, 0.3) is 0 Å². The highest BCUT2D eigenvalue weighted by Crippen LogP contribution is 2.31. The summed E-state index contributed by atoms with van der Waals surface area (Å²) < 4.78 is 11.4. The summed E-state index contributed by atoms with van der Waals surface area (Å²) in [4.78, 5) is 2.51. The normalized spacial score (nSPS) is 29.4. The van der Waals surface area contributed by atoms with Gasteiger partial charge in [0.05, 0.1) is 0 Å². The number of piperazine rings is 1. The van der Waals surface area contributed by atoms with Crippen molar-refractivity contribution in [3.8, 4) is 0 Å². The fraction of sp³-hybridized carbons (Fsp3) is 1.00. The van der Waals surface area contributed by atoms with Crippen LogP contribution in [-0.2, 0) is 10.8 Å². The molecule has 1 N–H and O–H groups in total. The third kappa shape index (κ3) is 2.84. The molecule has 16 heavy (non-hydrogen) atoms. The summed E-state index contributed by atoms with van der Waals surface area (Å²) in [7, 11) is -0.687. The first-order valence-electron chi connectivity index (χ1n) is 6.41. The summed E-state index contributed by atoms with van der Waals surface area (Å²) in [6, 6.07) is 0. The molecule has 1 heterocycles. The first kappa shape index (κ1) is 12.5. The van der Waals surface area contributed by atoms with E-state index in [0.29, 0.717) is 10.8 Å². The summed E-state index contributed by atoms with van der Waals surface area (Å²) >= 11 is 0. The number of rotatable bonds is 3. The maximum absolute atomic E-state index is 11.4. The minimum atomic E-state index is -0.687. The summed E-state index contributed by atoms with van der Waals surface area (Å²) in [6.45, 7) is 6.47. The Bertz CT molecular complexity index is 264. The van der Waals surface area contributed by atoms with Crippen LogP contribution in [0, 0.1) is 0 Å². The van der Waals surface area contributed by atoms with Crippen LogP contribution in [0.5, 0.6) is 0 Å². The van der Waals surface area contributed by atoms with Gasteiger partial charge in [-0.05, 0) is 19.8 Å². The molecule has 0 amide bonds. The monoisotopic (exact) mass is 244 g/mol. The zero-order chi connectivity index (χ0) is 11.6. The topological polar surface area (TPSA) is 32.3 Å². The van der Waals surface area contributed by atoms with Crippen molar-refractivity contribution in [3.63, 3.8) is 0 Å². The van der Waals surface area contributed by atoms with E-state index in [4.69, 9.17) is 0 Å². The summed E-state index contributed by atoms with van der Waals surface area (Å²) in [5.74, 6) is 0. The van der Waals surface area contributed by atoms with Crippen LogP contribution in [0.4, 0.5) is 0 Å². The molecule has 2 fully saturated rings. The molecule has 4 heteroatoms. The second-order valence-electron chi connectivity index (χ2n) is 5.46. The molecule has 2 unspecified atom stereocenters. The van der Waals surface area contributed by atoms with Crippen LogP contribution in [0.2, 0.25) is 0 Å². The van der Waals surface area contributed by atoms with E-state index >= 15 is 0 Å². The van der Waals surface area contributed by atoms with E-state index in [1.807, 2.05) is 6.26 Å². The number of hydrogen-bond donors (Lipinski definition) is 1. The lowest BCUT2D eigenvalue weighted by molar-refractivity contribution is 0.136. The maximum Gasteiger partial charge on any atom is 0.0444 e. The smallest absolute Gasteiger partial charge is 0.0444 e. The Labute approximate surface area is 101 Å². The second kappa shape index (κ2) is 5.15. The molecule has 0 aromatic heterocycles. The highest BCUT2D eigenvalue weighted by Gasteiger charge is 2.37. The van der Waals surface area contributed by atoms with Crippen LogP contribution < -0.4 is 5.32 Å². The maximum atomic E-state index is 11.4. The van der Waals surface area contributed by atoms with E-state index in [9.17, 15) is 4.21 Å². The van der Waals surface area contributed by atoms with Crippen LogP contribution in [-0.4, -0.2) is 52.3 Å². The first-order valence-corrected chi connectivity index (χ1v) is 8.03. The van der Waals surface area contributed by atoms with Crippen LogP contribution >= 0.6 is 0 Å². The van der Waals surface area contributed by atoms with Crippen LogP contribution in [0.3, 0.4) is 0 Å². The van der Waals surface area contributed by atoms with Gasteiger partial charge in [0, 0.05) is 54.0 Å². The molecule has 94 valence electrons. The van der Waals surface area contributed by atoms with Gasteiger partial charge in [-0.25, -0.2) is 0 Å². The van der Waals surface area contributed by atoms with Gasteiger partial charge in [-0.15, -0.1) is 0 Å². The number of hydrogen-bond acceptors (Lipinski definition) is 3. The van der Waals surface area contributed by atoms with E-state index in [0.717, 1.165) is 26.2 Å². The third-order valence-electron chi connectivity index (χ3n) is 4.10. The molecule has 1 spiro atoms. The molecule has 1 saturated carbocycles. The second-order valence-corrected chi connectivity index (χ2v) is 7.26. The Kier molecular flexibility index (Phi) is 4.03. The minimum Gasteiger partial charge on any atom is -0.309 e. The predicted molar refractivity (Wildman–Crippen MR) is 69.2 cm³/mol. The minimum absolute atomic E-state index is 0.302. The lowest BCUT2D eigenvalue weighted by atomic mass is 9.94. The molecule has 1 aliphatic heterocycles. The van der Waals surface area contributed by atoms with Crippen LogP contribution in [0.15, 0.2) is 0 Å². The average molecular weight is 244 g/mol. The summed E-state index contributed by atoms with van der Waals surface area (Å²) in [6.07, 6.45) is 7.21. The van der Waals surface area contributed by atoms with Crippen molar-refractivity contribution >= 4 is 10.8 Å². The third-order valence-corrected chi connectivity index (χ3v) is 5.38. The number of nitrogens with one attached hydrogen (secondary N) is 1. The lowest BCUT2D eigenvalue weighted by Gasteiger charge is -2.42. The van der Waals surface area contributed by atoms with Crippen molar-refractivity contribution < 1.29 is 4.21 Å². The lowest BCUT2D eigenvalue weighted by Crippen LogP contribution is -2.59. The largest absolute Gasteiger partial charge is 0.309 e. The molecule has 1 saturated heterocycles. The highest BCUT2D eigenvalue weighted by atomic mass is 32.2. The van der Waals surface area contributed by atoms with Gasteiger partial charge in [0.2, 0.25) is 0 Å². The fourth-order valence-corrected chi connectivity index (χ4v) is 3.47. The van der Waals surface area contributed by atoms with Gasteiger partial charge in [-0.2, -0.15) is 0 Å². The van der Waals surface area contributed by atoms with E-state index in [1.54, 1.807) is 0 Å². The van der Waals surface area contributed by atoms with E-state index in [1.165, 1.54) is 25.7 Å². The van der Waals surface area contributed by atoms with Gasteiger partial charge in [0.25, 0.3) is 0 Å². The van der Waals surface area contributed by atoms with E-state index in [-0.39, 0.29) is 0 Å². The molecule has 1 aliphatic carbocycles. The van der Waals surface area contributed by atoms with Gasteiger partial charge in [-0.1, -0.05) is 12.8 Å². The zero-order valence-electron chi connectivity index (χ0n) is 10.5. The van der Waals surface area contributed by atoms with Crippen molar-refractivity contribution in [3.05, 3.63) is 0 Å². The fourth-order valence-electron chi connectivity index (χ4n) is 3.05. The average Bonchev–Trinajstić information content (AvgIpc) is 2.66. The van der Waals surface area contributed by atoms with Crippen molar-refractivity contribution in [2.75, 3.05) is 32.4 Å². The SMILES string of the molecule is CC(CN1CCNC2(CCCC2)C1)S(C)=O. The molecule has 3 nitrogen and oxygen atoms in total. The molecule has 0 bridgehead atoms. The Morgan fingerprint density at radius 2 is 2.12 bits per heavy atom. The number of nitrogens with zero attached hydrogens (tertiary/aromatic N) is 1. The van der Waals surface area contributed by atoms with E-state index < -0.39 is 10.8 Å². The van der Waals surface area contributed by atoms with Crippen molar-refractivity contribution in [2.45, 2.75) is 43.4 Å². The van der Waals surface area contributed by atoms with Gasteiger partial charge in [0.1, 0.15) is 0 Å². The molecule has 0 radical (unpaired) electrons. The van der Waals surface area contributed by atoms with Crippen molar-refractivity contribution in [1.82, 2.24) is 10.2 Å². The molecular weight excluding hydrogens is 220 g/mol. The molecule has 2 rings (SSSR count). The highest BCUT2D eigenvalue weighted by molar-refractivity contribution is 7.84. The van der Waals surface area contributed by atoms with Crippen molar-refractivity contribution in [1.29, 1.82) is 0 Å². The Hall–Kier alpha value is 0.0700. The quantitative estimate of drug-likeness (QED) is 0.803. The molecular formula is C12H24N2OS. The van der Waals surface area contributed by atoms with Crippen LogP contribution in [0.1, 0.15) is 32.6 Å². The molecule has 2 aliphatic rings. The molecule has 2 atom stereocenters. The first-order chi connectivity index (χ1) is 7.61. The van der Waals surface area contributed by atoms with Gasteiger partial charge < -0.3 is 5.32 Å². The standard InChI is InChI=1S/C12H24N2OS/c1-11(16(2)15)9-14-8-7-13-12(10-14)5-3-4-6-12/h11,13H,3-10H2,1-2H3. The summed E-state index contributed by atoms with van der Waals surface area (Å²) in [5, 5.41) is 4.01. The Morgan fingerprint density at radius 1 is 1.44 bits per heavy atom. The summed E-state index contributed by atoms with van der Waals surface area (Å²) in [5.41, 5.74) is 0.396. The van der Waals surface area contributed by atoms with Gasteiger partial charge in [-0.3, -0.25) is 9.11 Å². The molecule has 0 aromatic rings. The van der Waals surface area contributed by atoms with Crippen molar-refractivity contribution in [2.24, 2.45) is 0 Å². The Morgan fingerprint density at radius 3 is 2.75 bits per heavy atom. The predicted octanol–water partition coefficient (Wildman–Crippen LogP) is 0.971. The van der Waals surface area contributed by atoms with E-state index in [2.05, 4.69) is 17.1 Å².